The van der Waals surface area contributed by atoms with Crippen molar-refractivity contribution in [1.29, 1.82) is 0 Å². The molecular formula is C52H40N2S. The fraction of sp³-hybridized carbons (Fsp3) is 0.192. The van der Waals surface area contributed by atoms with Crippen LogP contribution in [0.4, 0.5) is 17.1 Å². The molecule has 1 spiro atoms. The topological polar surface area (TPSA) is 8.17 Å². The maximum absolute atomic E-state index is 2.64. The highest BCUT2D eigenvalue weighted by Gasteiger charge is 2.61. The van der Waals surface area contributed by atoms with Crippen LogP contribution in [0.15, 0.2) is 158 Å². The number of fused-ring (bicyclic) bond motifs is 9. The molecule has 55 heavy (non-hydrogen) atoms. The van der Waals surface area contributed by atoms with Gasteiger partial charge in [-0.1, -0.05) is 91.0 Å². The van der Waals surface area contributed by atoms with Gasteiger partial charge >= 0.3 is 0 Å². The van der Waals surface area contributed by atoms with E-state index in [1.807, 2.05) is 11.3 Å². The van der Waals surface area contributed by atoms with E-state index in [0.717, 1.165) is 23.7 Å². The van der Waals surface area contributed by atoms with Crippen LogP contribution in [-0.2, 0) is 5.41 Å². The molecule has 7 aromatic carbocycles. The van der Waals surface area contributed by atoms with Crippen LogP contribution in [0.1, 0.15) is 43.2 Å². The van der Waals surface area contributed by atoms with E-state index in [0.29, 0.717) is 0 Å². The summed E-state index contributed by atoms with van der Waals surface area (Å²) in [4.78, 5) is 2.56. The van der Waals surface area contributed by atoms with E-state index >= 15 is 0 Å². The third-order valence-corrected chi connectivity index (χ3v) is 15.5. The van der Waals surface area contributed by atoms with Crippen LogP contribution in [0, 0.1) is 23.7 Å². The van der Waals surface area contributed by atoms with Gasteiger partial charge in [0.05, 0.1) is 11.0 Å². The van der Waals surface area contributed by atoms with Gasteiger partial charge in [0.1, 0.15) is 0 Å². The molecule has 264 valence electrons. The summed E-state index contributed by atoms with van der Waals surface area (Å²) in [5.74, 6) is 3.29. The van der Waals surface area contributed by atoms with Crippen molar-refractivity contribution in [3.8, 4) is 16.8 Å². The summed E-state index contributed by atoms with van der Waals surface area (Å²) >= 11 is 1.90. The molecule has 0 unspecified atom stereocenters. The molecule has 0 N–H and O–H groups in total. The van der Waals surface area contributed by atoms with E-state index in [1.54, 1.807) is 11.1 Å². The lowest BCUT2D eigenvalue weighted by molar-refractivity contribution is -0.0399. The molecule has 0 aliphatic heterocycles. The summed E-state index contributed by atoms with van der Waals surface area (Å²) in [6.45, 7) is 0. The molecule has 4 saturated carbocycles. The normalized spacial score (nSPS) is 23.3. The minimum Gasteiger partial charge on any atom is -0.310 e. The molecule has 9 aromatic rings. The number of aromatic nitrogens is 1. The molecule has 0 saturated heterocycles. The Hall–Kier alpha value is -5.64. The van der Waals surface area contributed by atoms with Gasteiger partial charge in [-0.15, -0.1) is 11.3 Å². The first kappa shape index (κ1) is 30.7. The molecule has 2 aromatic heterocycles. The summed E-state index contributed by atoms with van der Waals surface area (Å²) in [6.07, 6.45) is 7.02. The van der Waals surface area contributed by atoms with E-state index in [9.17, 15) is 0 Å². The van der Waals surface area contributed by atoms with Gasteiger partial charge in [-0.25, -0.2) is 0 Å². The maximum atomic E-state index is 2.64. The predicted octanol–water partition coefficient (Wildman–Crippen LogP) is 14.3. The van der Waals surface area contributed by atoms with E-state index in [4.69, 9.17) is 0 Å². The fourth-order valence-corrected chi connectivity index (χ4v) is 13.7. The van der Waals surface area contributed by atoms with Crippen molar-refractivity contribution in [1.82, 2.24) is 4.57 Å². The Bertz CT molecular complexity index is 2990. The number of hydrogen-bond donors (Lipinski definition) is 0. The summed E-state index contributed by atoms with van der Waals surface area (Å²) in [5.41, 5.74) is 13.6. The van der Waals surface area contributed by atoms with Crippen molar-refractivity contribution in [3.05, 3.63) is 169 Å². The van der Waals surface area contributed by atoms with Gasteiger partial charge < -0.3 is 9.47 Å². The van der Waals surface area contributed by atoms with Crippen molar-refractivity contribution in [2.24, 2.45) is 23.7 Å². The van der Waals surface area contributed by atoms with Crippen molar-refractivity contribution >= 4 is 70.4 Å². The van der Waals surface area contributed by atoms with Gasteiger partial charge in [0.2, 0.25) is 0 Å². The van der Waals surface area contributed by atoms with Crippen molar-refractivity contribution in [2.75, 3.05) is 4.90 Å². The SMILES string of the molecule is c1ccc(-n2c3ccccc3c3cc(N(c4ccc5c(c4)C4(c6ccccc6-5)C5CC6CC(C5)CC4C6)c4ccc5c(c4)sc4ccccc45)ccc32)cc1. The molecule has 0 amide bonds. The van der Waals surface area contributed by atoms with Crippen molar-refractivity contribution < 1.29 is 0 Å². The molecule has 4 fully saturated rings. The van der Waals surface area contributed by atoms with Crippen LogP contribution in [-0.4, -0.2) is 4.57 Å². The Kier molecular flexibility index (Phi) is 6.25. The summed E-state index contributed by atoms with van der Waals surface area (Å²) in [6, 6.07) is 59.9. The van der Waals surface area contributed by atoms with Crippen LogP contribution in [0.2, 0.25) is 0 Å². The highest BCUT2D eigenvalue weighted by molar-refractivity contribution is 7.25. The van der Waals surface area contributed by atoms with Crippen LogP contribution in [0.3, 0.4) is 0 Å². The Morgan fingerprint density at radius 2 is 1.07 bits per heavy atom. The van der Waals surface area contributed by atoms with Crippen molar-refractivity contribution in [3.63, 3.8) is 0 Å². The van der Waals surface area contributed by atoms with Gasteiger partial charge in [0, 0.05) is 59.1 Å². The number of para-hydroxylation sites is 2. The smallest absolute Gasteiger partial charge is 0.0542 e. The Morgan fingerprint density at radius 1 is 0.455 bits per heavy atom. The third kappa shape index (κ3) is 4.14. The predicted molar refractivity (Wildman–Crippen MR) is 232 cm³/mol. The number of benzene rings is 7. The van der Waals surface area contributed by atoms with Crippen LogP contribution >= 0.6 is 11.3 Å². The summed E-state index contributed by atoms with van der Waals surface area (Å²) in [5, 5.41) is 5.23. The highest BCUT2D eigenvalue weighted by Crippen LogP contribution is 2.69. The molecular weight excluding hydrogens is 685 g/mol. The fourth-order valence-electron chi connectivity index (χ4n) is 12.5. The second-order valence-corrected chi connectivity index (χ2v) is 18.0. The number of rotatable bonds is 4. The quantitative estimate of drug-likeness (QED) is 0.175. The molecule has 2 nitrogen and oxygen atoms in total. The van der Waals surface area contributed by atoms with Gasteiger partial charge in [0.25, 0.3) is 0 Å². The van der Waals surface area contributed by atoms with Crippen LogP contribution < -0.4 is 4.90 Å². The standard InChI is InChI=1S/C52H40N2S/c1-2-10-36(11-3-1)54-48-16-8-5-13-42(48)45-29-37(20-23-49(45)54)53(39-19-22-44-43-14-6-9-17-50(43)55-51(44)31-39)38-18-21-41-40-12-4-7-15-46(40)52(47(41)30-38)34-25-32-24-33(27-34)28-35(52)26-32/h1-23,29-35H,24-28H2. The van der Waals surface area contributed by atoms with Gasteiger partial charge in [-0.3, -0.25) is 0 Å². The Balaban J connectivity index is 1.06. The van der Waals surface area contributed by atoms with Crippen molar-refractivity contribution in [2.45, 2.75) is 37.5 Å². The molecule has 5 aliphatic rings. The highest BCUT2D eigenvalue weighted by atomic mass is 32.1. The molecule has 5 aliphatic carbocycles. The molecule has 0 atom stereocenters. The maximum Gasteiger partial charge on any atom is 0.0542 e. The zero-order valence-corrected chi connectivity index (χ0v) is 31.5. The Labute approximate surface area is 325 Å². The molecule has 2 heterocycles. The molecule has 4 bridgehead atoms. The largest absolute Gasteiger partial charge is 0.310 e. The Morgan fingerprint density at radius 3 is 1.93 bits per heavy atom. The zero-order chi connectivity index (χ0) is 35.8. The van der Waals surface area contributed by atoms with Crippen LogP contribution in [0.5, 0.6) is 0 Å². The zero-order valence-electron chi connectivity index (χ0n) is 30.7. The second kappa shape index (κ2) is 11.2. The monoisotopic (exact) mass is 724 g/mol. The lowest BCUT2D eigenvalue weighted by Gasteiger charge is -2.61. The van der Waals surface area contributed by atoms with Gasteiger partial charge in [0.15, 0.2) is 0 Å². The number of nitrogens with zero attached hydrogens (tertiary/aromatic N) is 2. The summed E-state index contributed by atoms with van der Waals surface area (Å²) in [7, 11) is 0. The van der Waals surface area contributed by atoms with E-state index in [2.05, 4.69) is 167 Å². The van der Waals surface area contributed by atoms with E-state index < -0.39 is 0 Å². The minimum absolute atomic E-state index is 0.115. The second-order valence-electron chi connectivity index (χ2n) is 17.0. The average Bonchev–Trinajstić information content (AvgIpc) is 3.86. The molecule has 3 heteroatoms. The van der Waals surface area contributed by atoms with E-state index in [1.165, 1.54) is 108 Å². The third-order valence-electron chi connectivity index (χ3n) is 14.3. The first-order valence-corrected chi connectivity index (χ1v) is 21.1. The average molecular weight is 725 g/mol. The lowest BCUT2D eigenvalue weighted by atomic mass is 9.43. The number of anilines is 3. The first-order valence-electron chi connectivity index (χ1n) is 20.3. The molecule has 14 rings (SSSR count). The molecule has 0 radical (unpaired) electrons. The van der Waals surface area contributed by atoms with Gasteiger partial charge in [-0.2, -0.15) is 0 Å². The number of hydrogen-bond acceptors (Lipinski definition) is 2. The van der Waals surface area contributed by atoms with Crippen LogP contribution in [0.25, 0.3) is 58.8 Å². The number of thiophene rings is 1. The van der Waals surface area contributed by atoms with E-state index in [-0.39, 0.29) is 5.41 Å². The summed E-state index contributed by atoms with van der Waals surface area (Å²) < 4.78 is 5.09. The lowest BCUT2D eigenvalue weighted by Crippen LogP contribution is -2.55. The minimum atomic E-state index is 0.115. The first-order chi connectivity index (χ1) is 27.2. The van der Waals surface area contributed by atoms with Gasteiger partial charge in [-0.05, 0) is 145 Å².